The second-order valence-corrected chi connectivity index (χ2v) is 9.94. The third-order valence-corrected chi connectivity index (χ3v) is 7.79. The van der Waals surface area contributed by atoms with Crippen molar-refractivity contribution >= 4 is 50.5 Å². The van der Waals surface area contributed by atoms with Gasteiger partial charge in [-0.3, -0.25) is 9.69 Å². The number of hydrogen-bond donors (Lipinski definition) is 0. The number of amides is 1. The summed E-state index contributed by atoms with van der Waals surface area (Å²) in [6.07, 6.45) is 0.325. The summed E-state index contributed by atoms with van der Waals surface area (Å²) < 4.78 is 31.4. The molecule has 1 aliphatic rings. The van der Waals surface area contributed by atoms with Crippen molar-refractivity contribution in [2.24, 2.45) is 0 Å². The summed E-state index contributed by atoms with van der Waals surface area (Å²) in [5, 5.41) is 0. The lowest BCUT2D eigenvalue weighted by molar-refractivity contribution is -0.143. The topological polar surface area (TPSA) is 84.0 Å². The molecule has 0 aliphatic carbocycles. The molecule has 0 N–H and O–H groups in total. The molecule has 2 heterocycles. The fourth-order valence-electron chi connectivity index (χ4n) is 2.96. The van der Waals surface area contributed by atoms with Crippen LogP contribution in [0.25, 0.3) is 0 Å². The number of halogens is 1. The lowest BCUT2D eigenvalue weighted by Gasteiger charge is -2.26. The summed E-state index contributed by atoms with van der Waals surface area (Å²) >= 11 is 6.73. The first-order chi connectivity index (χ1) is 12.8. The average molecular weight is 429 g/mol. The van der Waals surface area contributed by atoms with Crippen LogP contribution in [0.15, 0.2) is 40.6 Å². The minimum atomic E-state index is -3.86. The number of para-hydroxylation sites is 1. The van der Waals surface area contributed by atoms with Gasteiger partial charge >= 0.3 is 5.97 Å². The van der Waals surface area contributed by atoms with Gasteiger partial charge in [0.05, 0.1) is 18.0 Å². The highest BCUT2D eigenvalue weighted by atomic mass is 35.5. The Morgan fingerprint density at radius 3 is 2.63 bits per heavy atom. The Morgan fingerprint density at radius 1 is 1.30 bits per heavy atom. The number of fused-ring (bicyclic) bond motifs is 1. The molecule has 0 saturated heterocycles. The minimum Gasteiger partial charge on any atom is -0.467 e. The van der Waals surface area contributed by atoms with Gasteiger partial charge in [0.2, 0.25) is 5.91 Å². The second kappa shape index (κ2) is 7.59. The average Bonchev–Trinajstić information content (AvgIpc) is 3.24. The van der Waals surface area contributed by atoms with Gasteiger partial charge in [-0.2, -0.15) is 4.31 Å². The maximum atomic E-state index is 12.9. The summed E-state index contributed by atoms with van der Waals surface area (Å²) in [6.45, 7) is -0.417. The van der Waals surface area contributed by atoms with E-state index in [1.165, 1.54) is 31.2 Å². The van der Waals surface area contributed by atoms with Gasteiger partial charge in [0.25, 0.3) is 10.0 Å². The van der Waals surface area contributed by atoms with Crippen LogP contribution in [0.4, 0.5) is 5.69 Å². The highest BCUT2D eigenvalue weighted by molar-refractivity contribution is 7.91. The highest BCUT2D eigenvalue weighted by Gasteiger charge is 2.40. The van der Waals surface area contributed by atoms with E-state index >= 15 is 0 Å². The van der Waals surface area contributed by atoms with Crippen molar-refractivity contribution in [3.05, 3.63) is 46.3 Å². The van der Waals surface area contributed by atoms with E-state index in [0.29, 0.717) is 16.4 Å². The summed E-state index contributed by atoms with van der Waals surface area (Å²) in [6, 6.07) is 9.19. The van der Waals surface area contributed by atoms with Gasteiger partial charge < -0.3 is 4.74 Å². The van der Waals surface area contributed by atoms with E-state index in [9.17, 15) is 18.0 Å². The Hall–Kier alpha value is -1.94. The number of methoxy groups -OCH3 is 1. The molecular formula is C17H17ClN2O5S2. The summed E-state index contributed by atoms with van der Waals surface area (Å²) in [7, 11) is -1.29. The van der Waals surface area contributed by atoms with Crippen molar-refractivity contribution in [2.45, 2.75) is 16.7 Å². The van der Waals surface area contributed by atoms with Gasteiger partial charge in [0.15, 0.2) is 0 Å². The number of carbonyl (C=O) groups is 2. The Kier molecular flexibility index (Phi) is 5.57. The van der Waals surface area contributed by atoms with Crippen LogP contribution in [0.3, 0.4) is 0 Å². The number of anilines is 1. The molecule has 0 radical (unpaired) electrons. The van der Waals surface area contributed by atoms with E-state index in [1.54, 1.807) is 12.1 Å². The van der Waals surface area contributed by atoms with Gasteiger partial charge in [-0.15, -0.1) is 11.3 Å². The molecule has 2 aromatic rings. The smallest absolute Gasteiger partial charge is 0.329 e. The van der Waals surface area contributed by atoms with Crippen LogP contribution < -0.4 is 4.90 Å². The van der Waals surface area contributed by atoms with Crippen molar-refractivity contribution in [3.63, 3.8) is 0 Å². The lowest BCUT2D eigenvalue weighted by atomic mass is 10.1. The molecule has 1 aliphatic heterocycles. The van der Waals surface area contributed by atoms with Gasteiger partial charge in [-0.25, -0.2) is 13.2 Å². The lowest BCUT2D eigenvalue weighted by Crippen LogP contribution is -2.48. The molecule has 1 unspecified atom stereocenters. The number of nitrogens with zero attached hydrogens (tertiary/aromatic N) is 2. The van der Waals surface area contributed by atoms with Crippen LogP contribution >= 0.6 is 22.9 Å². The predicted octanol–water partition coefficient (Wildman–Crippen LogP) is 2.15. The predicted molar refractivity (Wildman–Crippen MR) is 103 cm³/mol. The first kappa shape index (κ1) is 19.8. The minimum absolute atomic E-state index is 0.0501. The number of rotatable bonds is 5. The SMILES string of the molecule is COC(=O)C1Cc2ccccc2N1C(=O)CN(C)S(=O)(=O)c1ccc(Cl)s1. The number of thiophene rings is 1. The molecule has 0 spiro atoms. The monoisotopic (exact) mass is 428 g/mol. The molecular weight excluding hydrogens is 412 g/mol. The van der Waals surface area contributed by atoms with Crippen molar-refractivity contribution in [1.82, 2.24) is 4.31 Å². The number of carbonyl (C=O) groups excluding carboxylic acids is 2. The zero-order chi connectivity index (χ0) is 19.8. The van der Waals surface area contributed by atoms with Gasteiger partial charge in [-0.1, -0.05) is 29.8 Å². The first-order valence-electron chi connectivity index (χ1n) is 7.95. The molecule has 0 saturated carbocycles. The summed E-state index contributed by atoms with van der Waals surface area (Å²) in [5.41, 5.74) is 1.42. The molecule has 0 fully saturated rings. The number of sulfonamides is 1. The molecule has 27 heavy (non-hydrogen) atoms. The van der Waals surface area contributed by atoms with E-state index in [4.69, 9.17) is 16.3 Å². The fourth-order valence-corrected chi connectivity index (χ4v) is 5.77. The molecule has 1 aromatic heterocycles. The zero-order valence-electron chi connectivity index (χ0n) is 14.6. The molecule has 0 bridgehead atoms. The summed E-state index contributed by atoms with van der Waals surface area (Å²) in [5.74, 6) is -1.06. The first-order valence-corrected chi connectivity index (χ1v) is 10.6. The standard InChI is InChI=1S/C17H17ClN2O5S2/c1-19(27(23,24)16-8-7-14(18)26-16)10-15(21)20-12-6-4-3-5-11(12)9-13(20)17(22)25-2/h3-8,13H,9-10H2,1-2H3. The van der Waals surface area contributed by atoms with E-state index < -0.39 is 34.5 Å². The van der Waals surface area contributed by atoms with Crippen LogP contribution in [-0.2, 0) is 30.8 Å². The number of ether oxygens (including phenoxy) is 1. The Balaban J connectivity index is 1.86. The van der Waals surface area contributed by atoms with E-state index in [1.807, 2.05) is 12.1 Å². The van der Waals surface area contributed by atoms with Gasteiger partial charge in [-0.05, 0) is 23.8 Å². The third kappa shape index (κ3) is 3.73. The van der Waals surface area contributed by atoms with Crippen molar-refractivity contribution in [3.8, 4) is 0 Å². The van der Waals surface area contributed by atoms with Crippen LogP contribution in [0.1, 0.15) is 5.56 Å². The second-order valence-electron chi connectivity index (χ2n) is 5.96. The number of benzene rings is 1. The Morgan fingerprint density at radius 2 is 2.00 bits per heavy atom. The van der Waals surface area contributed by atoms with Crippen molar-refractivity contribution in [2.75, 3.05) is 25.6 Å². The van der Waals surface area contributed by atoms with Crippen LogP contribution in [0, 0.1) is 0 Å². The number of likely N-dealkylation sites (N-methyl/N-ethyl adjacent to an activating group) is 1. The van der Waals surface area contributed by atoms with Crippen LogP contribution in [0.5, 0.6) is 0 Å². The third-order valence-electron chi connectivity index (χ3n) is 4.29. The zero-order valence-corrected chi connectivity index (χ0v) is 17.0. The maximum Gasteiger partial charge on any atom is 0.329 e. The quantitative estimate of drug-likeness (QED) is 0.681. The molecule has 144 valence electrons. The van der Waals surface area contributed by atoms with Crippen LogP contribution in [-0.4, -0.2) is 51.3 Å². The molecule has 1 amide bonds. The number of esters is 1. The molecule has 7 nitrogen and oxygen atoms in total. The van der Waals surface area contributed by atoms with E-state index in [-0.39, 0.29) is 4.21 Å². The van der Waals surface area contributed by atoms with Crippen molar-refractivity contribution < 1.29 is 22.7 Å². The van der Waals surface area contributed by atoms with Crippen molar-refractivity contribution in [1.29, 1.82) is 0 Å². The molecule has 3 rings (SSSR count). The van der Waals surface area contributed by atoms with E-state index in [2.05, 4.69) is 0 Å². The normalized spacial score (nSPS) is 16.4. The molecule has 1 atom stereocenters. The Bertz CT molecular complexity index is 989. The number of hydrogen-bond acceptors (Lipinski definition) is 6. The molecule has 1 aromatic carbocycles. The van der Waals surface area contributed by atoms with Crippen LogP contribution in [0.2, 0.25) is 4.34 Å². The Labute approximate surface area is 166 Å². The van der Waals surface area contributed by atoms with E-state index in [0.717, 1.165) is 21.2 Å². The fraction of sp³-hybridized carbons (Fsp3) is 0.294. The maximum absolute atomic E-state index is 12.9. The van der Waals surface area contributed by atoms with Gasteiger partial charge in [0.1, 0.15) is 10.3 Å². The largest absolute Gasteiger partial charge is 0.467 e. The highest BCUT2D eigenvalue weighted by Crippen LogP contribution is 2.33. The molecule has 10 heteroatoms. The van der Waals surface area contributed by atoms with Gasteiger partial charge in [0, 0.05) is 19.2 Å². The summed E-state index contributed by atoms with van der Waals surface area (Å²) in [4.78, 5) is 26.4.